The average Bonchev–Trinajstić information content (AvgIpc) is 2.04. The Labute approximate surface area is 64.3 Å². The molecule has 1 aliphatic rings. The zero-order chi connectivity index (χ0) is 8.32. The normalized spacial score (nSPS) is 31.5. The molecule has 1 heterocycles. The lowest BCUT2D eigenvalue weighted by Gasteiger charge is -2.29. The van der Waals surface area contributed by atoms with Crippen molar-refractivity contribution < 1.29 is 19.4 Å². The van der Waals surface area contributed by atoms with Crippen LogP contribution < -0.4 is 5.32 Å². The molecular weight excluding hydrogens is 150 g/mol. The number of rotatable bonds is 1. The van der Waals surface area contributed by atoms with Crippen molar-refractivity contribution in [3.63, 3.8) is 0 Å². The standard InChI is InChI=1S/C6H11NO4/c1-10-5(8)6(9)4-11-3-2-7-6/h7,9H,2-4H2,1H3. The van der Waals surface area contributed by atoms with E-state index in [4.69, 9.17) is 4.74 Å². The van der Waals surface area contributed by atoms with Gasteiger partial charge in [-0.3, -0.25) is 5.32 Å². The molecule has 0 bridgehead atoms. The molecule has 1 atom stereocenters. The first-order valence-corrected chi connectivity index (χ1v) is 3.32. The number of nitrogens with one attached hydrogen (secondary N) is 1. The highest BCUT2D eigenvalue weighted by Gasteiger charge is 2.39. The summed E-state index contributed by atoms with van der Waals surface area (Å²) in [5.74, 6) is -0.711. The van der Waals surface area contributed by atoms with Crippen LogP contribution in [0.4, 0.5) is 0 Å². The van der Waals surface area contributed by atoms with Gasteiger partial charge in [-0.15, -0.1) is 0 Å². The maximum absolute atomic E-state index is 10.9. The zero-order valence-electron chi connectivity index (χ0n) is 6.29. The number of ether oxygens (including phenoxy) is 2. The van der Waals surface area contributed by atoms with Crippen LogP contribution in [0.5, 0.6) is 0 Å². The Morgan fingerprint density at radius 3 is 3.00 bits per heavy atom. The van der Waals surface area contributed by atoms with E-state index in [-0.39, 0.29) is 6.61 Å². The van der Waals surface area contributed by atoms with Crippen LogP contribution in [0.1, 0.15) is 0 Å². The van der Waals surface area contributed by atoms with Crippen molar-refractivity contribution in [1.29, 1.82) is 0 Å². The molecule has 64 valence electrons. The predicted molar refractivity (Wildman–Crippen MR) is 35.8 cm³/mol. The molecule has 1 rings (SSSR count). The van der Waals surface area contributed by atoms with Gasteiger partial charge in [0.1, 0.15) is 6.61 Å². The van der Waals surface area contributed by atoms with E-state index in [1.165, 1.54) is 7.11 Å². The summed E-state index contributed by atoms with van der Waals surface area (Å²) in [6.45, 7) is 0.893. The molecule has 5 nitrogen and oxygen atoms in total. The molecule has 0 aromatic heterocycles. The second-order valence-electron chi connectivity index (χ2n) is 2.33. The van der Waals surface area contributed by atoms with Crippen LogP contribution >= 0.6 is 0 Å². The van der Waals surface area contributed by atoms with Crippen LogP contribution in [0.25, 0.3) is 0 Å². The maximum atomic E-state index is 10.9. The van der Waals surface area contributed by atoms with Crippen LogP contribution in [0.3, 0.4) is 0 Å². The third-order valence-corrected chi connectivity index (χ3v) is 1.50. The van der Waals surface area contributed by atoms with Gasteiger partial charge in [-0.2, -0.15) is 0 Å². The van der Waals surface area contributed by atoms with Gasteiger partial charge in [0.2, 0.25) is 5.72 Å². The molecule has 11 heavy (non-hydrogen) atoms. The molecule has 0 aliphatic carbocycles. The minimum atomic E-state index is -1.65. The van der Waals surface area contributed by atoms with Crippen molar-refractivity contribution in [2.75, 3.05) is 26.9 Å². The molecule has 5 heteroatoms. The van der Waals surface area contributed by atoms with Crippen LogP contribution in [-0.2, 0) is 14.3 Å². The molecule has 0 amide bonds. The quantitative estimate of drug-likeness (QED) is 0.456. The summed E-state index contributed by atoms with van der Waals surface area (Å²) in [4.78, 5) is 10.9. The van der Waals surface area contributed by atoms with E-state index in [1.54, 1.807) is 0 Å². The molecule has 2 N–H and O–H groups in total. The average molecular weight is 161 g/mol. The van der Waals surface area contributed by atoms with E-state index in [1.807, 2.05) is 0 Å². The Hall–Kier alpha value is -0.650. The molecule has 0 radical (unpaired) electrons. The van der Waals surface area contributed by atoms with Gasteiger partial charge in [-0.25, -0.2) is 4.79 Å². The number of carbonyl (C=O) groups excluding carboxylic acids is 1. The smallest absolute Gasteiger partial charge is 0.355 e. The highest BCUT2D eigenvalue weighted by atomic mass is 16.6. The fraction of sp³-hybridized carbons (Fsp3) is 0.833. The number of aliphatic hydroxyl groups is 1. The first kappa shape index (κ1) is 8.45. The van der Waals surface area contributed by atoms with Crippen LogP contribution in [-0.4, -0.2) is 43.7 Å². The zero-order valence-corrected chi connectivity index (χ0v) is 6.29. The van der Waals surface area contributed by atoms with Crippen molar-refractivity contribution in [1.82, 2.24) is 5.32 Å². The minimum Gasteiger partial charge on any atom is -0.466 e. The summed E-state index contributed by atoms with van der Waals surface area (Å²) in [5, 5.41) is 12.0. The Morgan fingerprint density at radius 1 is 1.82 bits per heavy atom. The van der Waals surface area contributed by atoms with Crippen molar-refractivity contribution in [2.24, 2.45) is 0 Å². The Morgan fingerprint density at radius 2 is 2.55 bits per heavy atom. The van der Waals surface area contributed by atoms with Crippen molar-refractivity contribution >= 4 is 5.97 Å². The molecular formula is C6H11NO4. The lowest BCUT2D eigenvalue weighted by atomic mass is 10.2. The Bertz CT molecular complexity index is 153. The van der Waals surface area contributed by atoms with Crippen LogP contribution in [0.2, 0.25) is 0 Å². The fourth-order valence-corrected chi connectivity index (χ4v) is 0.901. The topological polar surface area (TPSA) is 67.8 Å². The van der Waals surface area contributed by atoms with Crippen LogP contribution in [0, 0.1) is 0 Å². The largest absolute Gasteiger partial charge is 0.466 e. The third-order valence-electron chi connectivity index (χ3n) is 1.50. The Balaban J connectivity index is 2.56. The number of morpholine rings is 1. The molecule has 1 fully saturated rings. The molecule has 1 unspecified atom stereocenters. The highest BCUT2D eigenvalue weighted by Crippen LogP contribution is 2.06. The molecule has 1 aliphatic heterocycles. The molecule has 0 spiro atoms. The van der Waals surface area contributed by atoms with Crippen molar-refractivity contribution in [3.05, 3.63) is 0 Å². The minimum absolute atomic E-state index is 0.0559. The number of esters is 1. The van der Waals surface area contributed by atoms with E-state index < -0.39 is 11.7 Å². The van der Waals surface area contributed by atoms with Gasteiger partial charge in [-0.05, 0) is 0 Å². The lowest BCUT2D eigenvalue weighted by Crippen LogP contribution is -2.60. The van der Waals surface area contributed by atoms with Gasteiger partial charge in [0.15, 0.2) is 0 Å². The lowest BCUT2D eigenvalue weighted by molar-refractivity contribution is -0.180. The second-order valence-corrected chi connectivity index (χ2v) is 2.33. The molecule has 0 saturated carbocycles. The number of hydrogen-bond acceptors (Lipinski definition) is 5. The summed E-state index contributed by atoms with van der Waals surface area (Å²) in [7, 11) is 1.22. The van der Waals surface area contributed by atoms with E-state index >= 15 is 0 Å². The van der Waals surface area contributed by atoms with Crippen molar-refractivity contribution in [3.8, 4) is 0 Å². The maximum Gasteiger partial charge on any atom is 0.355 e. The first-order valence-electron chi connectivity index (χ1n) is 3.32. The summed E-state index contributed by atoms with van der Waals surface area (Å²) in [6.07, 6.45) is 0. The van der Waals surface area contributed by atoms with Crippen molar-refractivity contribution in [2.45, 2.75) is 5.72 Å². The monoisotopic (exact) mass is 161 g/mol. The number of hydrogen-bond donors (Lipinski definition) is 2. The van der Waals surface area contributed by atoms with Gasteiger partial charge in [-0.1, -0.05) is 0 Å². The fourth-order valence-electron chi connectivity index (χ4n) is 0.901. The van der Waals surface area contributed by atoms with E-state index in [9.17, 15) is 9.90 Å². The summed E-state index contributed by atoms with van der Waals surface area (Å²) in [6, 6.07) is 0. The number of carbonyl (C=O) groups is 1. The molecule has 0 aromatic carbocycles. The van der Waals surface area contributed by atoms with Gasteiger partial charge in [0.25, 0.3) is 0 Å². The first-order chi connectivity index (χ1) is 5.19. The summed E-state index contributed by atoms with van der Waals surface area (Å²) >= 11 is 0. The predicted octanol–water partition coefficient (Wildman–Crippen LogP) is -1.53. The van der Waals surface area contributed by atoms with Crippen LogP contribution in [0.15, 0.2) is 0 Å². The second kappa shape index (κ2) is 3.17. The SMILES string of the molecule is COC(=O)C1(O)COCCN1. The molecule has 0 aromatic rings. The summed E-state index contributed by atoms with van der Waals surface area (Å²) < 4.78 is 9.26. The van der Waals surface area contributed by atoms with Gasteiger partial charge >= 0.3 is 5.97 Å². The summed E-state index contributed by atoms with van der Waals surface area (Å²) in [5.41, 5.74) is -1.65. The molecule has 1 saturated heterocycles. The van der Waals surface area contributed by atoms with E-state index in [0.717, 1.165) is 0 Å². The third kappa shape index (κ3) is 1.68. The highest BCUT2D eigenvalue weighted by molar-refractivity contribution is 5.78. The van der Waals surface area contributed by atoms with Gasteiger partial charge < -0.3 is 14.6 Å². The van der Waals surface area contributed by atoms with E-state index in [2.05, 4.69) is 10.1 Å². The van der Waals surface area contributed by atoms with Gasteiger partial charge in [0, 0.05) is 6.54 Å². The Kier molecular flexibility index (Phi) is 2.43. The van der Waals surface area contributed by atoms with E-state index in [0.29, 0.717) is 13.2 Å². The number of methoxy groups -OCH3 is 1. The van der Waals surface area contributed by atoms with Gasteiger partial charge in [0.05, 0.1) is 13.7 Å².